The van der Waals surface area contributed by atoms with E-state index in [1.807, 2.05) is 30.8 Å². The van der Waals surface area contributed by atoms with Crippen molar-refractivity contribution in [2.24, 2.45) is 0 Å². The summed E-state index contributed by atoms with van der Waals surface area (Å²) < 4.78 is 182. The third-order valence-electron chi connectivity index (χ3n) is 5.20. The smallest absolute Gasteiger partial charge is 0.484 e. The molecule has 18 heteroatoms. The van der Waals surface area contributed by atoms with Crippen LogP contribution in [0.5, 0.6) is 5.75 Å². The predicted molar refractivity (Wildman–Crippen MR) is 118 cm³/mol. The average Bonchev–Trinajstić information content (AvgIpc) is 2.80. The number of carbonyl (C=O) groups is 1. The van der Waals surface area contributed by atoms with E-state index in [0.717, 1.165) is 11.6 Å². The highest BCUT2D eigenvalue weighted by molar-refractivity contribution is 5.92. The molecule has 0 bridgehead atoms. The number of amides is 1. The number of rotatable bonds is 11. The van der Waals surface area contributed by atoms with Crippen LogP contribution in [0.3, 0.4) is 0 Å². The average molecular weight is 633 g/mol. The van der Waals surface area contributed by atoms with Crippen LogP contribution in [0.1, 0.15) is 31.9 Å². The van der Waals surface area contributed by atoms with E-state index < -0.39 is 60.3 Å². The molecule has 2 aromatic carbocycles. The fraction of sp³-hybridized carbons (Fsp3) is 0.458. The van der Waals surface area contributed by atoms with Crippen LogP contribution in [-0.4, -0.2) is 43.1 Å². The highest BCUT2D eigenvalue weighted by Crippen LogP contribution is 2.54. The third kappa shape index (κ3) is 7.96. The molecule has 0 fully saturated rings. The van der Waals surface area contributed by atoms with E-state index >= 15 is 0 Å². The van der Waals surface area contributed by atoms with Gasteiger partial charge in [0.15, 0.2) is 6.61 Å². The van der Waals surface area contributed by atoms with E-state index in [1.54, 1.807) is 16.9 Å². The molecule has 0 spiro atoms. The summed E-state index contributed by atoms with van der Waals surface area (Å²) in [6.07, 6.45) is -28.0. The Kier molecular flexibility index (Phi) is 9.50. The Morgan fingerprint density at radius 1 is 0.690 bits per heavy atom. The molecule has 0 aliphatic rings. The lowest BCUT2D eigenvalue weighted by Crippen LogP contribution is -2.61. The van der Waals surface area contributed by atoms with Gasteiger partial charge >= 0.3 is 36.5 Å². The summed E-state index contributed by atoms with van der Waals surface area (Å²) in [6.45, 7) is 5.07. The molecule has 0 aliphatic carbocycles. The molecule has 5 nitrogen and oxygen atoms in total. The number of hydrogen-bond acceptors (Lipinski definition) is 4. The Balaban J connectivity index is 2.18. The van der Waals surface area contributed by atoms with E-state index in [1.165, 1.54) is 12.1 Å². The van der Waals surface area contributed by atoms with Crippen LogP contribution in [0.4, 0.5) is 62.8 Å². The zero-order valence-corrected chi connectivity index (χ0v) is 21.4. The molecule has 0 saturated carbocycles. The van der Waals surface area contributed by atoms with Gasteiger partial charge in [-0.2, -0.15) is 43.9 Å². The molecule has 0 radical (unpaired) electrons. The van der Waals surface area contributed by atoms with Crippen molar-refractivity contribution in [1.82, 2.24) is 0 Å². The molecule has 0 aromatic heterocycles. The van der Waals surface area contributed by atoms with Crippen LogP contribution in [0.15, 0.2) is 48.5 Å². The normalized spacial score (nSPS) is 14.1. The van der Waals surface area contributed by atoms with Gasteiger partial charge in [0, 0.05) is 11.3 Å². The fourth-order valence-electron chi connectivity index (χ4n) is 3.03. The fourth-order valence-corrected chi connectivity index (χ4v) is 3.03. The zero-order valence-electron chi connectivity index (χ0n) is 21.4. The van der Waals surface area contributed by atoms with Crippen molar-refractivity contribution in [3.05, 3.63) is 59.7 Å². The number of anilines is 1. The highest BCUT2D eigenvalue weighted by atomic mass is 19.4. The Hall–Kier alpha value is -3.28. The van der Waals surface area contributed by atoms with Gasteiger partial charge in [-0.25, -0.2) is 9.47 Å². The summed E-state index contributed by atoms with van der Waals surface area (Å²) in [5.74, 6) is -14.4. The van der Waals surface area contributed by atoms with Crippen LogP contribution in [0, 0.1) is 0 Å². The van der Waals surface area contributed by atoms with Gasteiger partial charge < -0.3 is 10.1 Å². The van der Waals surface area contributed by atoms with Crippen molar-refractivity contribution >= 4 is 11.6 Å². The first-order valence-corrected chi connectivity index (χ1v) is 11.2. The number of carbonyl (C=O) groups excluding carboxylic acids is 1. The van der Waals surface area contributed by atoms with Crippen LogP contribution in [0.25, 0.3) is 0 Å². The Morgan fingerprint density at radius 2 is 1.21 bits per heavy atom. The number of hydrogen-bond donors (Lipinski definition) is 1. The maximum Gasteiger partial charge on any atom is 0.527 e. The van der Waals surface area contributed by atoms with Crippen molar-refractivity contribution in [3.8, 4) is 5.75 Å². The summed E-state index contributed by atoms with van der Waals surface area (Å²) in [7, 11) is 0. The molecule has 236 valence electrons. The number of halogens is 13. The molecule has 0 unspecified atom stereocenters. The van der Waals surface area contributed by atoms with Gasteiger partial charge in [-0.3, -0.25) is 4.79 Å². The van der Waals surface area contributed by atoms with Gasteiger partial charge in [-0.15, -0.1) is 13.2 Å². The molecule has 0 heterocycles. The van der Waals surface area contributed by atoms with Crippen molar-refractivity contribution < 1.29 is 76.1 Å². The first kappa shape index (κ1) is 34.9. The van der Waals surface area contributed by atoms with Crippen LogP contribution < -0.4 is 10.1 Å². The minimum absolute atomic E-state index is 0.0744. The van der Waals surface area contributed by atoms with Gasteiger partial charge in [0.2, 0.25) is 0 Å². The van der Waals surface area contributed by atoms with Crippen molar-refractivity contribution in [2.75, 3.05) is 11.9 Å². The Bertz CT molecular complexity index is 1240. The molecule has 0 aliphatic heterocycles. The summed E-state index contributed by atoms with van der Waals surface area (Å²) >= 11 is 0. The van der Waals surface area contributed by atoms with E-state index in [4.69, 9.17) is 4.74 Å². The predicted octanol–water partition coefficient (Wildman–Crippen LogP) is 8.06. The monoisotopic (exact) mass is 633 g/mol. The second kappa shape index (κ2) is 11.4. The summed E-state index contributed by atoms with van der Waals surface area (Å²) in [6, 6.07) is 8.08. The first-order valence-electron chi connectivity index (χ1n) is 11.2. The first-order chi connectivity index (χ1) is 18.7. The van der Waals surface area contributed by atoms with Crippen LogP contribution >= 0.6 is 0 Å². The largest absolute Gasteiger partial charge is 0.527 e. The lowest BCUT2D eigenvalue weighted by atomic mass is 9.87. The molecular formula is C24H20F13NO4. The number of ether oxygens (including phenoxy) is 3. The SMILES string of the molecule is CC(C)(C)c1ccc(OCC(=O)Nc2cccc(C(F)(F)C(F)(F)OC(F)(F)C(F)(F)C(F)(F)OC(F)(F)F)c2)cc1. The van der Waals surface area contributed by atoms with Gasteiger partial charge in [0.1, 0.15) is 5.75 Å². The summed E-state index contributed by atoms with van der Waals surface area (Å²) in [5.41, 5.74) is -1.90. The van der Waals surface area contributed by atoms with Crippen LogP contribution in [-0.2, 0) is 25.6 Å². The zero-order chi connectivity index (χ0) is 32.6. The molecular weight excluding hydrogens is 613 g/mol. The number of nitrogens with one attached hydrogen (secondary N) is 1. The van der Waals surface area contributed by atoms with Crippen LogP contribution in [0.2, 0.25) is 0 Å². The quantitative estimate of drug-likeness (QED) is 0.255. The summed E-state index contributed by atoms with van der Waals surface area (Å²) in [4.78, 5) is 12.1. The standard InChI is InChI=1S/C24H20F13NO4/c1-18(2,3)13-7-9-16(10-8-13)40-12-17(39)38-15-6-4-5-14(11-15)19(25,26)21(29,30)41-22(31,32)20(27,28)23(33,34)42-24(35,36)37/h4-11H,12H2,1-3H3,(H,38,39). The Labute approximate surface area is 228 Å². The van der Waals surface area contributed by atoms with Gasteiger partial charge in [0.25, 0.3) is 5.91 Å². The summed E-state index contributed by atoms with van der Waals surface area (Å²) in [5, 5.41) is 1.95. The lowest BCUT2D eigenvalue weighted by Gasteiger charge is -2.35. The highest BCUT2D eigenvalue weighted by Gasteiger charge is 2.80. The minimum Gasteiger partial charge on any atom is -0.484 e. The topological polar surface area (TPSA) is 56.8 Å². The molecule has 1 amide bonds. The maximum absolute atomic E-state index is 14.4. The van der Waals surface area contributed by atoms with Crippen molar-refractivity contribution in [3.63, 3.8) is 0 Å². The van der Waals surface area contributed by atoms with E-state index in [2.05, 4.69) is 0 Å². The van der Waals surface area contributed by atoms with Crippen molar-refractivity contribution in [1.29, 1.82) is 0 Å². The van der Waals surface area contributed by atoms with Gasteiger partial charge in [-0.05, 0) is 35.2 Å². The van der Waals surface area contributed by atoms with E-state index in [-0.39, 0.29) is 23.3 Å². The van der Waals surface area contributed by atoms with E-state index in [0.29, 0.717) is 6.07 Å². The molecule has 2 aromatic rings. The van der Waals surface area contributed by atoms with E-state index in [9.17, 15) is 61.9 Å². The molecule has 1 N–H and O–H groups in total. The van der Waals surface area contributed by atoms with Gasteiger partial charge in [0.05, 0.1) is 0 Å². The lowest BCUT2D eigenvalue weighted by molar-refractivity contribution is -0.535. The molecule has 42 heavy (non-hydrogen) atoms. The maximum atomic E-state index is 14.4. The molecule has 0 saturated heterocycles. The number of alkyl halides is 13. The molecule has 0 atom stereocenters. The second-order valence-corrected chi connectivity index (χ2v) is 9.54. The van der Waals surface area contributed by atoms with Crippen molar-refractivity contribution in [2.45, 2.75) is 62.7 Å². The Morgan fingerprint density at radius 3 is 1.71 bits per heavy atom. The number of benzene rings is 2. The second-order valence-electron chi connectivity index (χ2n) is 9.54. The minimum atomic E-state index is -7.53. The third-order valence-corrected chi connectivity index (χ3v) is 5.20. The molecule has 2 rings (SSSR count). The van der Waals surface area contributed by atoms with Gasteiger partial charge in [-0.1, -0.05) is 45.0 Å².